The Bertz CT molecular complexity index is 468. The van der Waals surface area contributed by atoms with Crippen LogP contribution in [0.1, 0.15) is 24.8 Å². The molecular formula is C14H16BrNO3. The average molecular weight is 326 g/mol. The Morgan fingerprint density at radius 2 is 1.95 bits per heavy atom. The maximum absolute atomic E-state index is 11.8. The van der Waals surface area contributed by atoms with Crippen LogP contribution in [0.4, 0.5) is 0 Å². The lowest BCUT2D eigenvalue weighted by Crippen LogP contribution is -2.41. The van der Waals surface area contributed by atoms with E-state index < -0.39 is 12.0 Å². The molecule has 1 amide bonds. The summed E-state index contributed by atoms with van der Waals surface area (Å²) in [5, 5.41) is 11.7. The first kappa shape index (κ1) is 14.1. The van der Waals surface area contributed by atoms with Gasteiger partial charge in [0, 0.05) is 4.47 Å². The fraction of sp³-hybridized carbons (Fsp3) is 0.429. The van der Waals surface area contributed by atoms with Crippen LogP contribution in [0.5, 0.6) is 0 Å². The second-order valence-electron chi connectivity index (χ2n) is 4.94. The van der Waals surface area contributed by atoms with Crippen LogP contribution in [0.2, 0.25) is 0 Å². The van der Waals surface area contributed by atoms with E-state index in [1.54, 1.807) is 0 Å². The number of amides is 1. The van der Waals surface area contributed by atoms with Crippen molar-refractivity contribution in [1.82, 2.24) is 5.32 Å². The summed E-state index contributed by atoms with van der Waals surface area (Å²) < 4.78 is 0.953. The first-order chi connectivity index (χ1) is 9.04. The monoisotopic (exact) mass is 325 g/mol. The molecular weight excluding hydrogens is 310 g/mol. The van der Waals surface area contributed by atoms with Crippen LogP contribution in [0.25, 0.3) is 0 Å². The molecule has 0 spiro atoms. The third-order valence-corrected chi connectivity index (χ3v) is 3.71. The molecule has 0 aromatic heterocycles. The Labute approximate surface area is 120 Å². The van der Waals surface area contributed by atoms with E-state index in [0.29, 0.717) is 12.3 Å². The molecule has 1 aromatic rings. The lowest BCUT2D eigenvalue weighted by Gasteiger charge is -2.14. The summed E-state index contributed by atoms with van der Waals surface area (Å²) in [7, 11) is 0. The van der Waals surface area contributed by atoms with Gasteiger partial charge in [0.15, 0.2) is 0 Å². The first-order valence-corrected chi connectivity index (χ1v) is 7.10. The van der Waals surface area contributed by atoms with E-state index in [0.717, 1.165) is 22.9 Å². The number of carboxylic acid groups (broad SMARTS) is 1. The smallest absolute Gasteiger partial charge is 0.326 e. The van der Waals surface area contributed by atoms with Crippen molar-refractivity contribution < 1.29 is 14.7 Å². The van der Waals surface area contributed by atoms with Gasteiger partial charge >= 0.3 is 5.97 Å². The Morgan fingerprint density at radius 3 is 2.47 bits per heavy atom. The van der Waals surface area contributed by atoms with Crippen molar-refractivity contribution >= 4 is 27.8 Å². The lowest BCUT2D eigenvalue weighted by molar-refractivity contribution is -0.142. The standard InChI is InChI=1S/C14H16BrNO3/c15-11-5-3-10(4-6-11)8-13(17)16-12(14(18)19)7-9-1-2-9/h3-6,9,12H,1-2,7-8H2,(H,16,17)(H,18,19). The van der Waals surface area contributed by atoms with Crippen molar-refractivity contribution in [3.8, 4) is 0 Å². The highest BCUT2D eigenvalue weighted by Gasteiger charge is 2.30. The molecule has 0 aliphatic heterocycles. The summed E-state index contributed by atoms with van der Waals surface area (Å²) in [6, 6.07) is 6.67. The van der Waals surface area contributed by atoms with E-state index in [9.17, 15) is 9.59 Å². The zero-order valence-corrected chi connectivity index (χ0v) is 12.0. The summed E-state index contributed by atoms with van der Waals surface area (Å²) >= 11 is 3.33. The minimum Gasteiger partial charge on any atom is -0.480 e. The van der Waals surface area contributed by atoms with Crippen LogP contribution in [-0.4, -0.2) is 23.0 Å². The SMILES string of the molecule is O=C(Cc1ccc(Br)cc1)NC(CC1CC1)C(=O)O. The van der Waals surface area contributed by atoms with Crippen molar-refractivity contribution in [2.75, 3.05) is 0 Å². The summed E-state index contributed by atoms with van der Waals surface area (Å²) in [6.45, 7) is 0. The van der Waals surface area contributed by atoms with Gasteiger partial charge in [-0.15, -0.1) is 0 Å². The summed E-state index contributed by atoms with van der Waals surface area (Å²) in [5.41, 5.74) is 0.872. The minimum absolute atomic E-state index is 0.210. The number of hydrogen-bond acceptors (Lipinski definition) is 2. The molecule has 1 saturated carbocycles. The molecule has 19 heavy (non-hydrogen) atoms. The second kappa shape index (κ2) is 6.19. The Hall–Kier alpha value is -1.36. The van der Waals surface area contributed by atoms with Crippen LogP contribution in [0, 0.1) is 5.92 Å². The van der Waals surface area contributed by atoms with Crippen LogP contribution in [-0.2, 0) is 16.0 Å². The predicted molar refractivity (Wildman–Crippen MR) is 74.8 cm³/mol. The fourth-order valence-corrected chi connectivity index (χ4v) is 2.21. The minimum atomic E-state index is -0.948. The molecule has 1 atom stereocenters. The van der Waals surface area contributed by atoms with Gasteiger partial charge in [0.1, 0.15) is 6.04 Å². The molecule has 1 aliphatic rings. The molecule has 0 radical (unpaired) electrons. The zero-order chi connectivity index (χ0) is 13.8. The largest absolute Gasteiger partial charge is 0.480 e. The number of hydrogen-bond donors (Lipinski definition) is 2. The second-order valence-corrected chi connectivity index (χ2v) is 5.86. The number of aliphatic carboxylic acids is 1. The van der Waals surface area contributed by atoms with Crippen LogP contribution >= 0.6 is 15.9 Å². The Morgan fingerprint density at radius 1 is 1.32 bits per heavy atom. The van der Waals surface area contributed by atoms with Gasteiger partial charge in [-0.2, -0.15) is 0 Å². The lowest BCUT2D eigenvalue weighted by atomic mass is 10.1. The topological polar surface area (TPSA) is 66.4 Å². The van der Waals surface area contributed by atoms with Gasteiger partial charge in [0.05, 0.1) is 6.42 Å². The first-order valence-electron chi connectivity index (χ1n) is 6.31. The van der Waals surface area contributed by atoms with E-state index in [-0.39, 0.29) is 12.3 Å². The summed E-state index contributed by atoms with van der Waals surface area (Å²) in [4.78, 5) is 22.9. The van der Waals surface area contributed by atoms with Crippen molar-refractivity contribution in [3.05, 3.63) is 34.3 Å². The molecule has 0 saturated heterocycles. The molecule has 2 rings (SSSR count). The van der Waals surface area contributed by atoms with Crippen molar-refractivity contribution in [2.45, 2.75) is 31.7 Å². The highest BCUT2D eigenvalue weighted by Crippen LogP contribution is 2.33. The fourth-order valence-electron chi connectivity index (χ4n) is 1.94. The number of carbonyl (C=O) groups excluding carboxylic acids is 1. The molecule has 0 heterocycles. The highest BCUT2D eigenvalue weighted by atomic mass is 79.9. The summed E-state index contributed by atoms with van der Waals surface area (Å²) in [6.07, 6.45) is 2.90. The van der Waals surface area contributed by atoms with E-state index in [1.165, 1.54) is 0 Å². The maximum Gasteiger partial charge on any atom is 0.326 e. The van der Waals surface area contributed by atoms with E-state index in [1.807, 2.05) is 24.3 Å². The Balaban J connectivity index is 1.87. The van der Waals surface area contributed by atoms with Crippen LogP contribution in [0.15, 0.2) is 28.7 Å². The van der Waals surface area contributed by atoms with Crippen molar-refractivity contribution in [1.29, 1.82) is 0 Å². The van der Waals surface area contributed by atoms with Gasteiger partial charge in [-0.3, -0.25) is 4.79 Å². The van der Waals surface area contributed by atoms with Crippen LogP contribution in [0.3, 0.4) is 0 Å². The van der Waals surface area contributed by atoms with E-state index in [4.69, 9.17) is 5.11 Å². The van der Waals surface area contributed by atoms with Gasteiger partial charge in [0.25, 0.3) is 0 Å². The number of carbonyl (C=O) groups is 2. The molecule has 5 heteroatoms. The molecule has 1 unspecified atom stereocenters. The van der Waals surface area contributed by atoms with Crippen molar-refractivity contribution in [3.63, 3.8) is 0 Å². The Kier molecular flexibility index (Phi) is 4.58. The van der Waals surface area contributed by atoms with Gasteiger partial charge in [-0.1, -0.05) is 40.9 Å². The zero-order valence-electron chi connectivity index (χ0n) is 10.4. The third-order valence-electron chi connectivity index (χ3n) is 3.18. The number of benzene rings is 1. The molecule has 1 aromatic carbocycles. The van der Waals surface area contributed by atoms with Gasteiger partial charge in [-0.25, -0.2) is 4.79 Å². The maximum atomic E-state index is 11.8. The highest BCUT2D eigenvalue weighted by molar-refractivity contribution is 9.10. The van der Waals surface area contributed by atoms with Gasteiger partial charge < -0.3 is 10.4 Å². The molecule has 2 N–H and O–H groups in total. The number of nitrogens with one attached hydrogen (secondary N) is 1. The predicted octanol–water partition coefficient (Wildman–Crippen LogP) is 2.36. The number of halogens is 1. The van der Waals surface area contributed by atoms with E-state index in [2.05, 4.69) is 21.2 Å². The molecule has 0 bridgehead atoms. The number of carboxylic acids is 1. The molecule has 1 aliphatic carbocycles. The molecule has 4 nitrogen and oxygen atoms in total. The third kappa shape index (κ3) is 4.67. The van der Waals surface area contributed by atoms with Crippen molar-refractivity contribution in [2.24, 2.45) is 5.92 Å². The molecule has 102 valence electrons. The van der Waals surface area contributed by atoms with Gasteiger partial charge in [0.2, 0.25) is 5.91 Å². The number of rotatable bonds is 6. The average Bonchev–Trinajstić information content (AvgIpc) is 3.15. The normalized spacial score (nSPS) is 15.8. The van der Waals surface area contributed by atoms with Gasteiger partial charge in [-0.05, 0) is 30.0 Å². The van der Waals surface area contributed by atoms with E-state index >= 15 is 0 Å². The quantitative estimate of drug-likeness (QED) is 0.843. The summed E-state index contributed by atoms with van der Waals surface area (Å²) in [5.74, 6) is -0.722. The molecule has 1 fully saturated rings. The van der Waals surface area contributed by atoms with Crippen LogP contribution < -0.4 is 5.32 Å².